The van der Waals surface area contributed by atoms with Gasteiger partial charge in [0.1, 0.15) is 0 Å². The normalized spacial score (nSPS) is 30.8. The molecule has 1 aliphatic heterocycles. The van der Waals surface area contributed by atoms with Crippen LogP contribution in [0.4, 0.5) is 0 Å². The van der Waals surface area contributed by atoms with E-state index in [2.05, 4.69) is 0 Å². The molecule has 0 aromatic heterocycles. The zero-order valence-electron chi connectivity index (χ0n) is 14.1. The van der Waals surface area contributed by atoms with E-state index >= 15 is 0 Å². The summed E-state index contributed by atoms with van der Waals surface area (Å²) < 4.78 is 35.3. The average molecular weight is 356 g/mol. The zero-order chi connectivity index (χ0) is 17.9. The Morgan fingerprint density at radius 2 is 1.83 bits per heavy atom. The SMILES string of the molecule is COC(=O)[C@H]1OC(CCS(=O)(=O)c2ccccc2)[C@@H](C)[C@@H](O)[C@H]1C. The van der Waals surface area contributed by atoms with E-state index in [1.54, 1.807) is 44.2 Å². The highest BCUT2D eigenvalue weighted by Gasteiger charge is 2.44. The maximum atomic E-state index is 12.4. The summed E-state index contributed by atoms with van der Waals surface area (Å²) in [5.41, 5.74) is 0. The molecule has 1 unspecified atom stereocenters. The molecule has 1 fully saturated rings. The number of carbonyl (C=O) groups excluding carboxylic acids is 1. The summed E-state index contributed by atoms with van der Waals surface area (Å²) in [6.45, 7) is 3.52. The summed E-state index contributed by atoms with van der Waals surface area (Å²) in [6.07, 6.45) is -1.97. The molecule has 1 aromatic carbocycles. The van der Waals surface area contributed by atoms with E-state index in [-0.39, 0.29) is 23.0 Å². The number of aliphatic hydroxyl groups is 1. The van der Waals surface area contributed by atoms with Gasteiger partial charge in [-0.3, -0.25) is 0 Å². The van der Waals surface area contributed by atoms with Crippen molar-refractivity contribution in [1.29, 1.82) is 0 Å². The Balaban J connectivity index is 2.09. The molecule has 0 amide bonds. The van der Waals surface area contributed by atoms with Gasteiger partial charge in [0.25, 0.3) is 0 Å². The van der Waals surface area contributed by atoms with Gasteiger partial charge in [0.2, 0.25) is 0 Å². The average Bonchev–Trinajstić information content (AvgIpc) is 2.59. The molecule has 0 spiro atoms. The summed E-state index contributed by atoms with van der Waals surface area (Å²) in [6, 6.07) is 8.20. The zero-order valence-corrected chi connectivity index (χ0v) is 14.9. The van der Waals surface area contributed by atoms with Crippen molar-refractivity contribution in [3.8, 4) is 0 Å². The second-order valence-corrected chi connectivity index (χ2v) is 8.36. The Hall–Kier alpha value is -1.44. The van der Waals surface area contributed by atoms with Crippen molar-refractivity contribution in [3.05, 3.63) is 30.3 Å². The Kier molecular flexibility index (Phi) is 6.01. The standard InChI is InChI=1S/C17H24O6S/c1-11-14(23-16(17(19)22-3)12(2)15(11)18)9-10-24(20,21)13-7-5-4-6-8-13/h4-8,11-12,14-16,18H,9-10H2,1-3H3/t11-,12-,14?,15-,16+/m1/s1. The molecule has 2 rings (SSSR count). The third kappa shape index (κ3) is 3.96. The highest BCUT2D eigenvalue weighted by Crippen LogP contribution is 2.32. The first-order chi connectivity index (χ1) is 11.3. The van der Waals surface area contributed by atoms with Crippen molar-refractivity contribution in [2.45, 2.75) is 43.5 Å². The Morgan fingerprint density at radius 1 is 1.21 bits per heavy atom. The monoisotopic (exact) mass is 356 g/mol. The summed E-state index contributed by atoms with van der Waals surface area (Å²) in [4.78, 5) is 12.1. The maximum Gasteiger partial charge on any atom is 0.335 e. The van der Waals surface area contributed by atoms with Crippen LogP contribution in [0, 0.1) is 11.8 Å². The quantitative estimate of drug-likeness (QED) is 0.803. The number of rotatable bonds is 5. The number of ether oxygens (including phenoxy) is 2. The minimum atomic E-state index is -3.44. The Bertz CT molecular complexity index is 657. The molecule has 1 heterocycles. The highest BCUT2D eigenvalue weighted by atomic mass is 32.2. The summed E-state index contributed by atoms with van der Waals surface area (Å²) in [5.74, 6) is -1.34. The predicted octanol–water partition coefficient (Wildman–Crippen LogP) is 1.42. The summed E-state index contributed by atoms with van der Waals surface area (Å²) >= 11 is 0. The molecule has 0 radical (unpaired) electrons. The third-order valence-electron chi connectivity index (χ3n) is 4.67. The van der Waals surface area contributed by atoms with E-state index in [4.69, 9.17) is 9.47 Å². The first-order valence-corrected chi connectivity index (χ1v) is 9.62. The number of hydrogen-bond donors (Lipinski definition) is 1. The Labute approximate surface area is 142 Å². The van der Waals surface area contributed by atoms with E-state index in [0.29, 0.717) is 0 Å². The molecule has 5 atom stereocenters. The third-order valence-corrected chi connectivity index (χ3v) is 6.43. The first-order valence-electron chi connectivity index (χ1n) is 7.97. The van der Waals surface area contributed by atoms with Crippen LogP contribution >= 0.6 is 0 Å². The van der Waals surface area contributed by atoms with Crippen LogP contribution in [-0.2, 0) is 24.1 Å². The molecular formula is C17H24O6S. The van der Waals surface area contributed by atoms with Crippen LogP contribution < -0.4 is 0 Å². The van der Waals surface area contributed by atoms with E-state index in [9.17, 15) is 18.3 Å². The van der Waals surface area contributed by atoms with Gasteiger partial charge in [-0.15, -0.1) is 0 Å². The van der Waals surface area contributed by atoms with Gasteiger partial charge in [-0.1, -0.05) is 32.0 Å². The van der Waals surface area contributed by atoms with Crippen LogP contribution in [0.2, 0.25) is 0 Å². The van der Waals surface area contributed by atoms with Crippen LogP contribution in [0.15, 0.2) is 35.2 Å². The van der Waals surface area contributed by atoms with E-state index in [1.165, 1.54) is 7.11 Å². The number of hydrogen-bond acceptors (Lipinski definition) is 6. The van der Waals surface area contributed by atoms with E-state index in [0.717, 1.165) is 0 Å². The molecule has 1 aromatic rings. The van der Waals surface area contributed by atoms with Crippen LogP contribution in [0.3, 0.4) is 0 Å². The lowest BCUT2D eigenvalue weighted by Crippen LogP contribution is -2.52. The van der Waals surface area contributed by atoms with Crippen molar-refractivity contribution in [2.75, 3.05) is 12.9 Å². The smallest absolute Gasteiger partial charge is 0.335 e. The molecule has 134 valence electrons. The van der Waals surface area contributed by atoms with E-state index in [1.807, 2.05) is 0 Å². The number of aliphatic hydroxyl groups excluding tert-OH is 1. The number of esters is 1. The Morgan fingerprint density at radius 3 is 2.42 bits per heavy atom. The van der Waals surface area contributed by atoms with Gasteiger partial charge in [0.15, 0.2) is 15.9 Å². The molecular weight excluding hydrogens is 332 g/mol. The van der Waals surface area contributed by atoms with Crippen molar-refractivity contribution >= 4 is 15.8 Å². The van der Waals surface area contributed by atoms with Gasteiger partial charge < -0.3 is 14.6 Å². The van der Waals surface area contributed by atoms with Crippen LogP contribution in [0.1, 0.15) is 20.3 Å². The van der Waals surface area contributed by atoms with Gasteiger partial charge in [0, 0.05) is 11.8 Å². The number of sulfone groups is 1. The van der Waals surface area contributed by atoms with Gasteiger partial charge in [-0.05, 0) is 18.6 Å². The van der Waals surface area contributed by atoms with Crippen LogP contribution in [0.25, 0.3) is 0 Å². The molecule has 1 saturated heterocycles. The minimum Gasteiger partial charge on any atom is -0.467 e. The molecule has 6 nitrogen and oxygen atoms in total. The lowest BCUT2D eigenvalue weighted by Gasteiger charge is -2.41. The molecule has 1 N–H and O–H groups in total. The molecule has 0 aliphatic carbocycles. The van der Waals surface area contributed by atoms with Crippen LogP contribution in [0.5, 0.6) is 0 Å². The number of methoxy groups -OCH3 is 1. The topological polar surface area (TPSA) is 89.9 Å². The fourth-order valence-electron chi connectivity index (χ4n) is 3.05. The van der Waals surface area contributed by atoms with E-state index < -0.39 is 40.0 Å². The minimum absolute atomic E-state index is 0.110. The molecule has 24 heavy (non-hydrogen) atoms. The van der Waals surface area contributed by atoms with Crippen molar-refractivity contribution in [1.82, 2.24) is 0 Å². The van der Waals surface area contributed by atoms with Gasteiger partial charge in [0.05, 0.1) is 30.0 Å². The lowest BCUT2D eigenvalue weighted by molar-refractivity contribution is -0.193. The van der Waals surface area contributed by atoms with Gasteiger partial charge in [-0.2, -0.15) is 0 Å². The van der Waals surface area contributed by atoms with Crippen LogP contribution in [-0.4, -0.2) is 50.7 Å². The highest BCUT2D eigenvalue weighted by molar-refractivity contribution is 7.91. The number of benzene rings is 1. The van der Waals surface area contributed by atoms with Gasteiger partial charge >= 0.3 is 5.97 Å². The van der Waals surface area contributed by atoms with Gasteiger partial charge in [-0.25, -0.2) is 13.2 Å². The molecule has 7 heteroatoms. The summed E-state index contributed by atoms with van der Waals surface area (Å²) in [7, 11) is -2.17. The fourth-order valence-corrected chi connectivity index (χ4v) is 4.40. The molecule has 1 aliphatic rings. The predicted molar refractivity (Wildman–Crippen MR) is 88.1 cm³/mol. The second-order valence-electron chi connectivity index (χ2n) is 6.25. The fraction of sp³-hybridized carbons (Fsp3) is 0.588. The summed E-state index contributed by atoms with van der Waals surface area (Å²) in [5, 5.41) is 10.3. The van der Waals surface area contributed by atoms with Crippen molar-refractivity contribution in [2.24, 2.45) is 11.8 Å². The van der Waals surface area contributed by atoms with Crippen molar-refractivity contribution in [3.63, 3.8) is 0 Å². The lowest BCUT2D eigenvalue weighted by atomic mass is 9.82. The maximum absolute atomic E-state index is 12.4. The molecule has 0 saturated carbocycles. The molecule has 0 bridgehead atoms. The largest absolute Gasteiger partial charge is 0.467 e. The first kappa shape index (κ1) is 18.9. The van der Waals surface area contributed by atoms with Crippen molar-refractivity contribution < 1.29 is 27.8 Å². The number of carbonyl (C=O) groups is 1. The second kappa shape index (κ2) is 7.63.